The fraction of sp³-hybridized carbons (Fsp3) is 0.625. The third-order valence-corrected chi connectivity index (χ3v) is 3.14. The first-order chi connectivity index (χ1) is 6.16. The monoisotopic (exact) mass is 200 g/mol. The van der Waals surface area contributed by atoms with Crippen molar-refractivity contribution in [3.05, 3.63) is 5.38 Å². The minimum absolute atomic E-state index is 0.0635. The molecule has 0 bridgehead atoms. The van der Waals surface area contributed by atoms with Crippen molar-refractivity contribution in [2.75, 3.05) is 11.4 Å². The Morgan fingerprint density at radius 2 is 2.46 bits per heavy atom. The van der Waals surface area contributed by atoms with Gasteiger partial charge >= 0.3 is 0 Å². The van der Waals surface area contributed by atoms with Crippen LogP contribution in [-0.4, -0.2) is 33.9 Å². The number of hydrogen-bond acceptors (Lipinski definition) is 5. The summed E-state index contributed by atoms with van der Waals surface area (Å²) >= 11 is 1.41. The Balaban J connectivity index is 2.17. The van der Waals surface area contributed by atoms with Crippen LogP contribution in [0.5, 0.6) is 5.88 Å². The quantitative estimate of drug-likeness (QED) is 0.704. The van der Waals surface area contributed by atoms with Crippen molar-refractivity contribution in [2.45, 2.75) is 25.5 Å². The maximum absolute atomic E-state index is 9.41. The summed E-state index contributed by atoms with van der Waals surface area (Å²) in [7, 11) is 0. The summed E-state index contributed by atoms with van der Waals surface area (Å²) in [6.45, 7) is 2.67. The average molecular weight is 200 g/mol. The summed E-state index contributed by atoms with van der Waals surface area (Å²) in [5.74, 6) is 0.0635. The summed E-state index contributed by atoms with van der Waals surface area (Å²) in [4.78, 5) is 5.99. The maximum atomic E-state index is 9.41. The van der Waals surface area contributed by atoms with E-state index >= 15 is 0 Å². The Kier molecular flexibility index (Phi) is 2.13. The molecule has 2 N–H and O–H groups in total. The molecule has 1 aliphatic heterocycles. The Hall–Kier alpha value is -0.810. The molecule has 5 heteroatoms. The van der Waals surface area contributed by atoms with Crippen LogP contribution in [0.1, 0.15) is 13.3 Å². The van der Waals surface area contributed by atoms with Gasteiger partial charge in [0, 0.05) is 12.6 Å². The van der Waals surface area contributed by atoms with Gasteiger partial charge in [0.15, 0.2) is 5.13 Å². The van der Waals surface area contributed by atoms with Gasteiger partial charge in [0.1, 0.15) is 0 Å². The molecule has 4 nitrogen and oxygen atoms in total. The van der Waals surface area contributed by atoms with Gasteiger partial charge in [-0.2, -0.15) is 4.98 Å². The minimum atomic E-state index is -0.263. The van der Waals surface area contributed by atoms with Gasteiger partial charge in [-0.3, -0.25) is 0 Å². The maximum Gasteiger partial charge on any atom is 0.223 e. The average Bonchev–Trinajstić information content (AvgIpc) is 2.58. The van der Waals surface area contributed by atoms with Crippen molar-refractivity contribution in [1.82, 2.24) is 4.98 Å². The van der Waals surface area contributed by atoms with E-state index in [4.69, 9.17) is 5.11 Å². The molecule has 0 amide bonds. The van der Waals surface area contributed by atoms with Crippen LogP contribution in [0.2, 0.25) is 0 Å². The van der Waals surface area contributed by atoms with Crippen LogP contribution in [0.15, 0.2) is 5.38 Å². The molecule has 13 heavy (non-hydrogen) atoms. The molecule has 1 aliphatic rings. The highest BCUT2D eigenvalue weighted by Crippen LogP contribution is 2.30. The Bertz CT molecular complexity index is 302. The van der Waals surface area contributed by atoms with E-state index in [2.05, 4.69) is 11.9 Å². The van der Waals surface area contributed by atoms with E-state index in [1.54, 1.807) is 5.38 Å². The van der Waals surface area contributed by atoms with E-state index in [1.165, 1.54) is 11.3 Å². The normalized spacial score (nSPS) is 28.3. The fourth-order valence-corrected chi connectivity index (χ4v) is 2.46. The van der Waals surface area contributed by atoms with E-state index in [0.717, 1.165) is 11.6 Å². The number of anilines is 1. The molecule has 72 valence electrons. The zero-order chi connectivity index (χ0) is 9.42. The van der Waals surface area contributed by atoms with Crippen LogP contribution in [0.4, 0.5) is 5.13 Å². The van der Waals surface area contributed by atoms with E-state index < -0.39 is 0 Å². The lowest BCUT2D eigenvalue weighted by molar-refractivity contribution is 0.195. The van der Waals surface area contributed by atoms with E-state index in [9.17, 15) is 5.11 Å². The SMILES string of the molecule is CC1CC(O)CN1c1nc(O)cs1. The van der Waals surface area contributed by atoms with Gasteiger partial charge in [-0.25, -0.2) is 0 Å². The van der Waals surface area contributed by atoms with Gasteiger partial charge in [0.2, 0.25) is 5.88 Å². The Morgan fingerprint density at radius 3 is 2.92 bits per heavy atom. The lowest BCUT2D eigenvalue weighted by Crippen LogP contribution is -2.26. The summed E-state index contributed by atoms with van der Waals surface area (Å²) in [5.41, 5.74) is 0. The second-order valence-electron chi connectivity index (χ2n) is 3.38. The number of thiazole rings is 1. The lowest BCUT2D eigenvalue weighted by atomic mass is 10.2. The molecular formula is C8H12N2O2S. The first-order valence-electron chi connectivity index (χ1n) is 4.26. The zero-order valence-electron chi connectivity index (χ0n) is 7.34. The van der Waals surface area contributed by atoms with Gasteiger partial charge in [-0.05, 0) is 13.3 Å². The molecule has 2 unspecified atom stereocenters. The number of aliphatic hydroxyl groups excluding tert-OH is 1. The van der Waals surface area contributed by atoms with E-state index in [0.29, 0.717) is 12.6 Å². The van der Waals surface area contributed by atoms with Crippen molar-refractivity contribution in [3.63, 3.8) is 0 Å². The van der Waals surface area contributed by atoms with Crippen molar-refractivity contribution < 1.29 is 10.2 Å². The second kappa shape index (κ2) is 3.16. The first kappa shape index (κ1) is 8.77. The van der Waals surface area contributed by atoms with Crippen LogP contribution < -0.4 is 4.90 Å². The smallest absolute Gasteiger partial charge is 0.223 e. The largest absolute Gasteiger partial charge is 0.493 e. The van der Waals surface area contributed by atoms with Gasteiger partial charge in [0.05, 0.1) is 11.5 Å². The summed E-state index contributed by atoms with van der Waals surface area (Å²) in [5, 5.41) is 20.9. The molecule has 0 aromatic carbocycles. The predicted octanol–water partition coefficient (Wildman–Crippen LogP) is 0.808. The number of rotatable bonds is 1. The molecule has 1 aromatic rings. The highest BCUT2D eigenvalue weighted by Gasteiger charge is 2.29. The van der Waals surface area contributed by atoms with Gasteiger partial charge < -0.3 is 15.1 Å². The van der Waals surface area contributed by atoms with Gasteiger partial charge in [-0.1, -0.05) is 0 Å². The minimum Gasteiger partial charge on any atom is -0.493 e. The van der Waals surface area contributed by atoms with Crippen LogP contribution in [0, 0.1) is 0 Å². The molecule has 1 aromatic heterocycles. The molecule has 0 spiro atoms. The van der Waals surface area contributed by atoms with E-state index in [1.807, 2.05) is 4.90 Å². The van der Waals surface area contributed by atoms with Crippen molar-refractivity contribution in [2.24, 2.45) is 0 Å². The third kappa shape index (κ3) is 1.62. The van der Waals surface area contributed by atoms with E-state index in [-0.39, 0.29) is 12.0 Å². The Labute approximate surface area is 80.5 Å². The standard InChI is InChI=1S/C8H12N2O2S/c1-5-2-6(11)3-10(5)8-9-7(12)4-13-8/h4-6,11-12H,2-3H2,1H3. The lowest BCUT2D eigenvalue weighted by Gasteiger charge is -2.19. The molecular weight excluding hydrogens is 188 g/mol. The summed E-state index contributed by atoms with van der Waals surface area (Å²) in [6, 6.07) is 0.306. The van der Waals surface area contributed by atoms with Crippen LogP contribution in [0.3, 0.4) is 0 Å². The topological polar surface area (TPSA) is 56.6 Å². The fourth-order valence-electron chi connectivity index (χ4n) is 1.66. The van der Waals surface area contributed by atoms with Gasteiger partial charge in [0.25, 0.3) is 0 Å². The molecule has 2 heterocycles. The van der Waals surface area contributed by atoms with Crippen LogP contribution in [0.25, 0.3) is 0 Å². The van der Waals surface area contributed by atoms with Crippen molar-refractivity contribution in [1.29, 1.82) is 0 Å². The Morgan fingerprint density at radius 1 is 1.69 bits per heavy atom. The molecule has 2 atom stereocenters. The molecule has 2 rings (SSSR count). The summed E-state index contributed by atoms with van der Waals surface area (Å²) < 4.78 is 0. The number of aromatic hydroxyl groups is 1. The highest BCUT2D eigenvalue weighted by molar-refractivity contribution is 7.13. The molecule has 1 saturated heterocycles. The predicted molar refractivity (Wildman–Crippen MR) is 51.2 cm³/mol. The number of aromatic nitrogens is 1. The van der Waals surface area contributed by atoms with Crippen LogP contribution >= 0.6 is 11.3 Å². The molecule has 0 radical (unpaired) electrons. The van der Waals surface area contributed by atoms with Crippen molar-refractivity contribution in [3.8, 4) is 5.88 Å². The molecule has 0 saturated carbocycles. The number of hydrogen-bond donors (Lipinski definition) is 2. The summed E-state index contributed by atoms with van der Waals surface area (Å²) in [6.07, 6.45) is 0.515. The highest BCUT2D eigenvalue weighted by atomic mass is 32.1. The number of aliphatic hydroxyl groups is 1. The molecule has 1 fully saturated rings. The molecule has 0 aliphatic carbocycles. The number of nitrogens with zero attached hydrogens (tertiary/aromatic N) is 2. The zero-order valence-corrected chi connectivity index (χ0v) is 8.16. The third-order valence-electron chi connectivity index (χ3n) is 2.28. The van der Waals surface area contributed by atoms with Gasteiger partial charge in [-0.15, -0.1) is 11.3 Å². The second-order valence-corrected chi connectivity index (χ2v) is 4.22. The number of β-amino-alcohol motifs (C(OH)–C–C–N with tert-alkyl or cyclic N) is 1. The van der Waals surface area contributed by atoms with Crippen LogP contribution in [-0.2, 0) is 0 Å². The first-order valence-corrected chi connectivity index (χ1v) is 5.14. The van der Waals surface area contributed by atoms with Crippen molar-refractivity contribution >= 4 is 16.5 Å².